The number of hydrogen-bond donors (Lipinski definition) is 1. The molecule has 11 heteroatoms. The summed E-state index contributed by atoms with van der Waals surface area (Å²) in [6.07, 6.45) is 0.992. The van der Waals surface area contributed by atoms with Gasteiger partial charge in [-0.2, -0.15) is 13.2 Å². The third kappa shape index (κ3) is 4.54. The molecule has 3 aromatic rings. The predicted molar refractivity (Wildman–Crippen MR) is 116 cm³/mol. The minimum Gasteiger partial charge on any atom is -0.363 e. The first-order valence-electron chi connectivity index (χ1n) is 11.1. The molecular weight excluding hydrogens is 469 g/mol. The Hall–Kier alpha value is -3.63. The molecule has 0 radical (unpaired) electrons. The average molecular weight is 489 g/mol. The standard InChI is InChI=1S/C24H20F5N5O/c25-15-3-4-16(21-30-6-1-7-31-21)17(10-15)23(35)34-12-13-2-5-20(34)19(8-13)33-22-18(26)9-14(11-32-22)24(27,28)29/h1,3-4,6-7,9-11,13,19-20H,2,5,8,12H2,(H,32,33). The van der Waals surface area contributed by atoms with Crippen LogP contribution in [-0.4, -0.2) is 44.4 Å². The van der Waals surface area contributed by atoms with Gasteiger partial charge in [0.2, 0.25) is 0 Å². The van der Waals surface area contributed by atoms with E-state index in [0.717, 1.165) is 12.5 Å². The van der Waals surface area contributed by atoms with Gasteiger partial charge in [0.15, 0.2) is 17.5 Å². The monoisotopic (exact) mass is 489 g/mol. The van der Waals surface area contributed by atoms with Gasteiger partial charge >= 0.3 is 6.18 Å². The van der Waals surface area contributed by atoms with Crippen molar-refractivity contribution in [2.75, 3.05) is 11.9 Å². The Morgan fingerprint density at radius 3 is 2.51 bits per heavy atom. The number of anilines is 1. The maximum absolute atomic E-state index is 14.4. The number of alkyl halides is 3. The lowest BCUT2D eigenvalue weighted by Gasteiger charge is -2.50. The molecule has 3 aliphatic rings. The number of hydrogen-bond acceptors (Lipinski definition) is 5. The Labute approximate surface area is 197 Å². The van der Waals surface area contributed by atoms with Crippen molar-refractivity contribution in [1.82, 2.24) is 19.9 Å². The number of piperidine rings is 2. The van der Waals surface area contributed by atoms with E-state index in [0.29, 0.717) is 37.2 Å². The quantitative estimate of drug-likeness (QED) is 0.526. The van der Waals surface area contributed by atoms with E-state index < -0.39 is 35.3 Å². The van der Waals surface area contributed by atoms with Crippen LogP contribution in [0.25, 0.3) is 11.4 Å². The largest absolute Gasteiger partial charge is 0.417 e. The molecule has 2 aliphatic heterocycles. The SMILES string of the molecule is O=C(c1cc(F)ccc1-c1ncccn1)N1CC2CCC1C(Nc1ncc(C(F)(F)F)cc1F)C2. The summed E-state index contributed by atoms with van der Waals surface area (Å²) in [5, 5.41) is 2.91. The molecular formula is C24H20F5N5O. The Bertz CT molecular complexity index is 1250. The second-order valence-electron chi connectivity index (χ2n) is 8.77. The van der Waals surface area contributed by atoms with Gasteiger partial charge in [0.1, 0.15) is 5.82 Å². The number of pyridine rings is 1. The Morgan fingerprint density at radius 2 is 1.83 bits per heavy atom. The van der Waals surface area contributed by atoms with E-state index in [2.05, 4.69) is 20.3 Å². The van der Waals surface area contributed by atoms with E-state index in [-0.39, 0.29) is 29.2 Å². The molecule has 182 valence electrons. The fourth-order valence-corrected chi connectivity index (χ4v) is 4.94. The van der Waals surface area contributed by atoms with Crippen LogP contribution in [0.15, 0.2) is 48.9 Å². The van der Waals surface area contributed by atoms with Gasteiger partial charge in [-0.3, -0.25) is 4.79 Å². The molecule has 6 nitrogen and oxygen atoms in total. The molecule has 3 fully saturated rings. The lowest BCUT2D eigenvalue weighted by atomic mass is 9.76. The van der Waals surface area contributed by atoms with Gasteiger partial charge in [0, 0.05) is 36.7 Å². The van der Waals surface area contributed by atoms with Crippen LogP contribution in [-0.2, 0) is 6.18 Å². The van der Waals surface area contributed by atoms with Crippen molar-refractivity contribution in [3.63, 3.8) is 0 Å². The van der Waals surface area contributed by atoms with Crippen LogP contribution >= 0.6 is 0 Å². The summed E-state index contributed by atoms with van der Waals surface area (Å²) in [6.45, 7) is 0.441. The molecule has 1 saturated carbocycles. The summed E-state index contributed by atoms with van der Waals surface area (Å²) in [5.41, 5.74) is -0.677. The molecule has 2 saturated heterocycles. The van der Waals surface area contributed by atoms with Crippen LogP contribution < -0.4 is 5.32 Å². The van der Waals surface area contributed by atoms with Crippen molar-refractivity contribution in [3.8, 4) is 11.4 Å². The highest BCUT2D eigenvalue weighted by molar-refractivity contribution is 6.00. The third-order valence-electron chi connectivity index (χ3n) is 6.55. The summed E-state index contributed by atoms with van der Waals surface area (Å²) >= 11 is 0. The first-order chi connectivity index (χ1) is 16.7. The number of nitrogens with zero attached hydrogens (tertiary/aromatic N) is 4. The second-order valence-corrected chi connectivity index (χ2v) is 8.77. The zero-order chi connectivity index (χ0) is 24.7. The zero-order valence-corrected chi connectivity index (χ0v) is 18.3. The second kappa shape index (κ2) is 8.86. The highest BCUT2D eigenvalue weighted by atomic mass is 19.4. The van der Waals surface area contributed by atoms with Crippen LogP contribution in [0.3, 0.4) is 0 Å². The minimum absolute atomic E-state index is 0.101. The molecule has 2 aromatic heterocycles. The van der Waals surface area contributed by atoms with Gasteiger partial charge in [0.05, 0.1) is 17.2 Å². The van der Waals surface area contributed by atoms with Crippen LogP contribution in [0.2, 0.25) is 0 Å². The fraction of sp³-hybridized carbons (Fsp3) is 0.333. The molecule has 6 rings (SSSR count). The van der Waals surface area contributed by atoms with Crippen LogP contribution in [0, 0.1) is 17.6 Å². The number of amides is 1. The number of nitrogens with one attached hydrogen (secondary N) is 1. The number of carbonyl (C=O) groups excluding carboxylic acids is 1. The summed E-state index contributed by atoms with van der Waals surface area (Å²) in [5.74, 6) is -2.03. The molecule has 2 bridgehead atoms. The molecule has 1 N–H and O–H groups in total. The van der Waals surface area contributed by atoms with E-state index in [4.69, 9.17) is 0 Å². The number of fused-ring (bicyclic) bond motifs is 3. The average Bonchev–Trinajstić information content (AvgIpc) is 2.85. The topological polar surface area (TPSA) is 71.0 Å². The Balaban J connectivity index is 1.42. The van der Waals surface area contributed by atoms with E-state index in [1.165, 1.54) is 24.5 Å². The van der Waals surface area contributed by atoms with Crippen molar-refractivity contribution >= 4 is 11.7 Å². The zero-order valence-electron chi connectivity index (χ0n) is 18.3. The third-order valence-corrected chi connectivity index (χ3v) is 6.55. The van der Waals surface area contributed by atoms with Crippen LogP contribution in [0.1, 0.15) is 35.2 Å². The first kappa shape index (κ1) is 23.1. The summed E-state index contributed by atoms with van der Waals surface area (Å²) in [4.78, 5) is 27.2. The van der Waals surface area contributed by atoms with Gasteiger partial charge in [-0.05, 0) is 55.5 Å². The molecule has 1 aromatic carbocycles. The normalized spacial score (nSPS) is 21.7. The van der Waals surface area contributed by atoms with Crippen molar-refractivity contribution in [3.05, 3.63) is 71.7 Å². The molecule has 0 spiro atoms. The van der Waals surface area contributed by atoms with Gasteiger partial charge in [0.25, 0.3) is 5.91 Å². The molecule has 4 heterocycles. The summed E-state index contributed by atoms with van der Waals surface area (Å²) in [6, 6.07) is 5.07. The first-order valence-corrected chi connectivity index (χ1v) is 11.1. The van der Waals surface area contributed by atoms with Gasteiger partial charge < -0.3 is 10.2 Å². The number of benzene rings is 1. The number of halogens is 5. The van der Waals surface area contributed by atoms with Gasteiger partial charge in [-0.25, -0.2) is 23.7 Å². The molecule has 1 amide bonds. The van der Waals surface area contributed by atoms with Gasteiger partial charge in [-0.1, -0.05) is 0 Å². The lowest BCUT2D eigenvalue weighted by Crippen LogP contribution is -2.60. The van der Waals surface area contributed by atoms with E-state index >= 15 is 0 Å². The predicted octanol–water partition coefficient (Wildman–Crippen LogP) is 4.94. The Morgan fingerprint density at radius 1 is 1.06 bits per heavy atom. The van der Waals surface area contributed by atoms with E-state index in [1.807, 2.05) is 0 Å². The number of carbonyl (C=O) groups is 1. The summed E-state index contributed by atoms with van der Waals surface area (Å²) in [7, 11) is 0. The number of rotatable bonds is 4. The van der Waals surface area contributed by atoms with Crippen molar-refractivity contribution < 1.29 is 26.7 Å². The van der Waals surface area contributed by atoms with Crippen LogP contribution in [0.5, 0.6) is 0 Å². The highest BCUT2D eigenvalue weighted by Gasteiger charge is 2.44. The fourth-order valence-electron chi connectivity index (χ4n) is 4.94. The molecule has 3 atom stereocenters. The van der Waals surface area contributed by atoms with E-state index in [1.54, 1.807) is 11.0 Å². The smallest absolute Gasteiger partial charge is 0.363 e. The minimum atomic E-state index is -4.70. The van der Waals surface area contributed by atoms with Crippen molar-refractivity contribution in [2.45, 2.75) is 37.5 Å². The van der Waals surface area contributed by atoms with Crippen LogP contribution in [0.4, 0.5) is 27.8 Å². The van der Waals surface area contributed by atoms with E-state index in [9.17, 15) is 26.7 Å². The number of aromatic nitrogens is 3. The van der Waals surface area contributed by atoms with Crippen molar-refractivity contribution in [1.29, 1.82) is 0 Å². The molecule has 35 heavy (non-hydrogen) atoms. The van der Waals surface area contributed by atoms with Crippen molar-refractivity contribution in [2.24, 2.45) is 5.92 Å². The molecule has 3 unspecified atom stereocenters. The van der Waals surface area contributed by atoms with Gasteiger partial charge in [-0.15, -0.1) is 0 Å². The maximum atomic E-state index is 14.4. The lowest BCUT2D eigenvalue weighted by molar-refractivity contribution is -0.138. The maximum Gasteiger partial charge on any atom is 0.417 e. The molecule has 1 aliphatic carbocycles. The summed E-state index contributed by atoms with van der Waals surface area (Å²) < 4.78 is 67.1. The highest BCUT2D eigenvalue weighted by Crippen LogP contribution is 2.39. The Kier molecular flexibility index (Phi) is 5.86.